The van der Waals surface area contributed by atoms with Crippen molar-refractivity contribution >= 4 is 11.8 Å². The molecule has 2 aliphatic rings. The topological polar surface area (TPSA) is 62.6 Å². The molecule has 0 aliphatic carbocycles. The fourth-order valence-electron chi connectivity index (χ4n) is 4.68. The summed E-state index contributed by atoms with van der Waals surface area (Å²) in [5, 5.41) is 0. The van der Waals surface area contributed by atoms with Crippen molar-refractivity contribution in [2.24, 2.45) is 7.05 Å². The van der Waals surface area contributed by atoms with Crippen LogP contribution in [0.4, 0.5) is 0 Å². The molecule has 2 aromatic rings. The van der Waals surface area contributed by atoms with Gasteiger partial charge in [0.1, 0.15) is 5.54 Å². The van der Waals surface area contributed by atoms with E-state index in [2.05, 4.69) is 12.1 Å². The third kappa shape index (κ3) is 3.59. The molecule has 0 radical (unpaired) electrons. The molecule has 2 saturated heterocycles. The number of pyridine rings is 1. The highest BCUT2D eigenvalue weighted by Crippen LogP contribution is 2.39. The normalized spacial score (nSPS) is 21.8. The van der Waals surface area contributed by atoms with Crippen LogP contribution >= 0.6 is 0 Å². The molecule has 29 heavy (non-hydrogen) atoms. The van der Waals surface area contributed by atoms with Crippen LogP contribution in [0.15, 0.2) is 53.5 Å². The first kappa shape index (κ1) is 19.4. The second-order valence-corrected chi connectivity index (χ2v) is 8.09. The lowest BCUT2D eigenvalue weighted by Gasteiger charge is -2.44. The number of benzene rings is 1. The Morgan fingerprint density at radius 1 is 1.03 bits per heavy atom. The Morgan fingerprint density at radius 3 is 2.48 bits per heavy atom. The fraction of sp³-hybridized carbons (Fsp3) is 0.435. The van der Waals surface area contributed by atoms with Crippen LogP contribution in [-0.2, 0) is 18.3 Å². The number of likely N-dealkylation sites (tertiary alicyclic amines) is 2. The molecule has 1 unspecified atom stereocenters. The fourth-order valence-corrected chi connectivity index (χ4v) is 4.68. The van der Waals surface area contributed by atoms with Crippen molar-refractivity contribution in [2.75, 3.05) is 19.6 Å². The van der Waals surface area contributed by atoms with Crippen LogP contribution in [0.1, 0.15) is 41.6 Å². The Balaban J connectivity index is 1.54. The molecule has 152 valence electrons. The molecule has 3 heterocycles. The van der Waals surface area contributed by atoms with E-state index in [0.717, 1.165) is 25.8 Å². The standard InChI is InChI=1S/C23H27N3O3/c1-24-15-10-19(17-20(24)27)21(28)26-14-6-12-23(26)11-5-13-25(22(23)29)16-9-18-7-3-2-4-8-18/h2-4,7-8,10,15,17H,5-6,9,11-14,16H2,1H3. The summed E-state index contributed by atoms with van der Waals surface area (Å²) in [7, 11) is 1.66. The lowest BCUT2D eigenvalue weighted by atomic mass is 9.85. The molecule has 1 atom stereocenters. The Hall–Kier alpha value is -2.89. The number of amides is 2. The van der Waals surface area contributed by atoms with Crippen molar-refractivity contribution in [3.63, 3.8) is 0 Å². The van der Waals surface area contributed by atoms with E-state index in [1.165, 1.54) is 16.2 Å². The average molecular weight is 393 g/mol. The van der Waals surface area contributed by atoms with Crippen molar-refractivity contribution in [2.45, 2.75) is 37.6 Å². The number of carbonyl (C=O) groups excluding carboxylic acids is 2. The van der Waals surface area contributed by atoms with Gasteiger partial charge in [0, 0.05) is 44.5 Å². The molecular weight excluding hydrogens is 366 g/mol. The number of nitrogens with zero attached hydrogens (tertiary/aromatic N) is 3. The quantitative estimate of drug-likeness (QED) is 0.800. The van der Waals surface area contributed by atoms with E-state index in [0.29, 0.717) is 31.5 Å². The number of aryl methyl sites for hydroxylation is 1. The molecule has 1 aromatic heterocycles. The van der Waals surface area contributed by atoms with E-state index in [-0.39, 0.29) is 17.4 Å². The molecule has 0 saturated carbocycles. The van der Waals surface area contributed by atoms with Gasteiger partial charge in [0.25, 0.3) is 11.5 Å². The zero-order valence-electron chi connectivity index (χ0n) is 16.8. The van der Waals surface area contributed by atoms with Gasteiger partial charge in [-0.2, -0.15) is 0 Å². The van der Waals surface area contributed by atoms with Gasteiger partial charge in [-0.3, -0.25) is 14.4 Å². The maximum absolute atomic E-state index is 13.5. The lowest BCUT2D eigenvalue weighted by Crippen LogP contribution is -2.61. The Morgan fingerprint density at radius 2 is 1.76 bits per heavy atom. The van der Waals surface area contributed by atoms with Gasteiger partial charge in [0.05, 0.1) is 0 Å². The number of hydrogen-bond acceptors (Lipinski definition) is 3. The van der Waals surface area contributed by atoms with Crippen LogP contribution < -0.4 is 5.56 Å². The van der Waals surface area contributed by atoms with Gasteiger partial charge in [0.2, 0.25) is 5.91 Å². The zero-order chi connectivity index (χ0) is 20.4. The number of rotatable bonds is 4. The summed E-state index contributed by atoms with van der Waals surface area (Å²) in [4.78, 5) is 42.4. The number of aromatic nitrogens is 1. The largest absolute Gasteiger partial charge is 0.340 e. The predicted octanol–water partition coefficient (Wildman–Crippen LogP) is 2.23. The van der Waals surface area contributed by atoms with Crippen molar-refractivity contribution in [1.29, 1.82) is 0 Å². The molecule has 2 fully saturated rings. The smallest absolute Gasteiger partial charge is 0.255 e. The van der Waals surface area contributed by atoms with E-state index < -0.39 is 5.54 Å². The lowest BCUT2D eigenvalue weighted by molar-refractivity contribution is -0.145. The van der Waals surface area contributed by atoms with E-state index in [4.69, 9.17) is 0 Å². The maximum atomic E-state index is 13.5. The van der Waals surface area contributed by atoms with Crippen LogP contribution in [0.5, 0.6) is 0 Å². The van der Waals surface area contributed by atoms with Gasteiger partial charge in [0.15, 0.2) is 0 Å². The minimum absolute atomic E-state index is 0.0642. The average Bonchev–Trinajstić information content (AvgIpc) is 3.16. The van der Waals surface area contributed by atoms with Gasteiger partial charge in [-0.1, -0.05) is 30.3 Å². The molecule has 1 spiro atoms. The van der Waals surface area contributed by atoms with Crippen LogP contribution in [0, 0.1) is 0 Å². The SMILES string of the molecule is Cn1ccc(C(=O)N2CCCC23CCCN(CCc2ccccc2)C3=O)cc1=O. The molecule has 1 aromatic carbocycles. The van der Waals surface area contributed by atoms with Crippen LogP contribution in [0.25, 0.3) is 0 Å². The minimum atomic E-state index is -0.757. The summed E-state index contributed by atoms with van der Waals surface area (Å²) in [6, 6.07) is 13.2. The summed E-state index contributed by atoms with van der Waals surface area (Å²) < 4.78 is 1.44. The van der Waals surface area contributed by atoms with Gasteiger partial charge in [-0.15, -0.1) is 0 Å². The van der Waals surface area contributed by atoms with E-state index in [1.807, 2.05) is 23.1 Å². The second kappa shape index (κ2) is 7.85. The highest BCUT2D eigenvalue weighted by atomic mass is 16.2. The van der Waals surface area contributed by atoms with E-state index in [9.17, 15) is 14.4 Å². The van der Waals surface area contributed by atoms with Crippen LogP contribution in [-0.4, -0.2) is 51.4 Å². The molecule has 6 heteroatoms. The predicted molar refractivity (Wildman–Crippen MR) is 111 cm³/mol. The van der Waals surface area contributed by atoms with Gasteiger partial charge in [-0.25, -0.2) is 0 Å². The van der Waals surface area contributed by atoms with Gasteiger partial charge < -0.3 is 14.4 Å². The highest BCUT2D eigenvalue weighted by molar-refractivity contribution is 6.00. The molecule has 4 rings (SSSR count). The monoisotopic (exact) mass is 393 g/mol. The van der Waals surface area contributed by atoms with E-state index in [1.54, 1.807) is 24.2 Å². The molecule has 2 aliphatic heterocycles. The molecule has 2 amide bonds. The third-order valence-electron chi connectivity index (χ3n) is 6.30. The van der Waals surface area contributed by atoms with Crippen molar-refractivity contribution in [3.8, 4) is 0 Å². The van der Waals surface area contributed by atoms with Crippen LogP contribution in [0.3, 0.4) is 0 Å². The molecule has 6 nitrogen and oxygen atoms in total. The summed E-state index contributed by atoms with van der Waals surface area (Å²) in [6.07, 6.45) is 5.52. The maximum Gasteiger partial charge on any atom is 0.255 e. The van der Waals surface area contributed by atoms with Crippen molar-refractivity contribution in [3.05, 3.63) is 70.1 Å². The third-order valence-corrected chi connectivity index (χ3v) is 6.30. The van der Waals surface area contributed by atoms with Crippen molar-refractivity contribution < 1.29 is 9.59 Å². The molecule has 0 N–H and O–H groups in total. The summed E-state index contributed by atoms with van der Waals surface area (Å²) >= 11 is 0. The number of hydrogen-bond donors (Lipinski definition) is 0. The van der Waals surface area contributed by atoms with Gasteiger partial charge >= 0.3 is 0 Å². The van der Waals surface area contributed by atoms with Crippen molar-refractivity contribution in [1.82, 2.24) is 14.4 Å². The second-order valence-electron chi connectivity index (χ2n) is 8.09. The van der Waals surface area contributed by atoms with E-state index >= 15 is 0 Å². The minimum Gasteiger partial charge on any atom is -0.340 e. The first-order chi connectivity index (χ1) is 14.0. The highest BCUT2D eigenvalue weighted by Gasteiger charge is 2.52. The Kier molecular flexibility index (Phi) is 5.26. The summed E-state index contributed by atoms with van der Waals surface area (Å²) in [5.41, 5.74) is 0.596. The molecule has 0 bridgehead atoms. The summed E-state index contributed by atoms with van der Waals surface area (Å²) in [5.74, 6) is -0.146. The zero-order valence-corrected chi connectivity index (χ0v) is 16.8. The first-order valence-corrected chi connectivity index (χ1v) is 10.3. The summed E-state index contributed by atoms with van der Waals surface area (Å²) in [6.45, 7) is 1.96. The van der Waals surface area contributed by atoms with Crippen LogP contribution in [0.2, 0.25) is 0 Å². The Bertz CT molecular complexity index is 969. The molecular formula is C23H27N3O3. The first-order valence-electron chi connectivity index (χ1n) is 10.3. The Labute approximate surface area is 170 Å². The van der Waals surface area contributed by atoms with Gasteiger partial charge in [-0.05, 0) is 43.7 Å². The number of piperidine rings is 1. The number of carbonyl (C=O) groups is 2.